The Morgan fingerprint density at radius 1 is 1.50 bits per heavy atom. The maximum absolute atomic E-state index is 13.7. The minimum Gasteiger partial charge on any atom is -0.379 e. The predicted octanol–water partition coefficient (Wildman–Crippen LogP) is 1.51. The van der Waals surface area contributed by atoms with E-state index in [1.807, 2.05) is 0 Å². The fourth-order valence-electron chi connectivity index (χ4n) is 2.28. The molecule has 0 saturated carbocycles. The first-order valence-electron chi connectivity index (χ1n) is 6.44. The van der Waals surface area contributed by atoms with Gasteiger partial charge in [0.05, 0.1) is 24.7 Å². The van der Waals surface area contributed by atoms with Crippen LogP contribution in [0.15, 0.2) is 18.2 Å². The van der Waals surface area contributed by atoms with Crippen molar-refractivity contribution in [2.75, 3.05) is 13.2 Å². The predicted molar refractivity (Wildman–Crippen MR) is 69.8 cm³/mol. The van der Waals surface area contributed by atoms with Crippen LogP contribution in [0.2, 0.25) is 0 Å². The van der Waals surface area contributed by atoms with E-state index in [1.165, 1.54) is 13.0 Å². The van der Waals surface area contributed by atoms with Gasteiger partial charge in [-0.25, -0.2) is 8.78 Å². The van der Waals surface area contributed by atoms with Crippen molar-refractivity contribution in [1.82, 2.24) is 5.32 Å². The molecule has 20 heavy (non-hydrogen) atoms. The molecule has 3 N–H and O–H groups in total. The highest BCUT2D eigenvalue weighted by molar-refractivity contribution is 5.84. The van der Waals surface area contributed by atoms with E-state index in [4.69, 9.17) is 10.5 Å². The molecule has 110 valence electrons. The lowest BCUT2D eigenvalue weighted by Gasteiger charge is -2.27. The Morgan fingerprint density at radius 3 is 2.60 bits per heavy atom. The van der Waals surface area contributed by atoms with Crippen molar-refractivity contribution in [1.29, 1.82) is 0 Å². The van der Waals surface area contributed by atoms with E-state index >= 15 is 0 Å². The van der Waals surface area contributed by atoms with Crippen LogP contribution in [-0.4, -0.2) is 25.2 Å². The third-order valence-corrected chi connectivity index (χ3v) is 3.82. The summed E-state index contributed by atoms with van der Waals surface area (Å²) in [5.74, 6) is -1.73. The molecular weight excluding hydrogens is 266 g/mol. The Bertz CT molecular complexity index is 504. The summed E-state index contributed by atoms with van der Waals surface area (Å²) >= 11 is 0. The van der Waals surface area contributed by atoms with Gasteiger partial charge in [-0.2, -0.15) is 0 Å². The van der Waals surface area contributed by atoms with Gasteiger partial charge in [0.25, 0.3) is 0 Å². The first kappa shape index (κ1) is 14.9. The molecule has 1 fully saturated rings. The fraction of sp³-hybridized carbons (Fsp3) is 0.500. The normalized spacial score (nSPS) is 27.4. The molecule has 3 atom stereocenters. The first-order chi connectivity index (χ1) is 9.36. The van der Waals surface area contributed by atoms with E-state index in [0.29, 0.717) is 6.61 Å². The first-order valence-corrected chi connectivity index (χ1v) is 6.44. The Kier molecular flexibility index (Phi) is 4.06. The molecule has 1 aliphatic rings. The van der Waals surface area contributed by atoms with Gasteiger partial charge in [0, 0.05) is 11.6 Å². The number of carbonyl (C=O) groups excluding carboxylic acids is 1. The van der Waals surface area contributed by atoms with E-state index in [2.05, 4.69) is 5.32 Å². The molecule has 1 amide bonds. The molecule has 4 nitrogen and oxygen atoms in total. The van der Waals surface area contributed by atoms with Crippen molar-refractivity contribution in [2.45, 2.75) is 25.9 Å². The Morgan fingerprint density at radius 2 is 2.10 bits per heavy atom. The lowest BCUT2D eigenvalue weighted by atomic mass is 9.84. The van der Waals surface area contributed by atoms with E-state index in [-0.39, 0.29) is 18.1 Å². The molecule has 1 aromatic rings. The van der Waals surface area contributed by atoms with Gasteiger partial charge in [-0.05, 0) is 26.0 Å². The maximum atomic E-state index is 13.7. The van der Waals surface area contributed by atoms with Crippen molar-refractivity contribution in [2.24, 2.45) is 11.1 Å². The molecule has 0 aromatic heterocycles. The number of nitrogens with two attached hydrogens (primary N) is 1. The molecule has 0 bridgehead atoms. The number of rotatable bonds is 3. The quantitative estimate of drug-likeness (QED) is 0.884. The molecular formula is C14H18F2N2O2. The number of benzene rings is 1. The monoisotopic (exact) mass is 284 g/mol. The molecule has 2 rings (SSSR count). The van der Waals surface area contributed by atoms with Crippen LogP contribution in [0.25, 0.3) is 0 Å². The smallest absolute Gasteiger partial charge is 0.230 e. The number of amides is 1. The highest BCUT2D eigenvalue weighted by Crippen LogP contribution is 2.29. The van der Waals surface area contributed by atoms with Gasteiger partial charge in [-0.3, -0.25) is 4.79 Å². The highest BCUT2D eigenvalue weighted by atomic mass is 19.1. The summed E-state index contributed by atoms with van der Waals surface area (Å²) in [6, 6.07) is 2.39. The van der Waals surface area contributed by atoms with Crippen molar-refractivity contribution < 1.29 is 18.3 Å². The van der Waals surface area contributed by atoms with Crippen LogP contribution in [0.4, 0.5) is 8.78 Å². The second kappa shape index (κ2) is 5.46. The molecule has 1 saturated heterocycles. The molecule has 1 aliphatic heterocycles. The average molecular weight is 284 g/mol. The van der Waals surface area contributed by atoms with Crippen LogP contribution in [0.5, 0.6) is 0 Å². The largest absolute Gasteiger partial charge is 0.379 e. The van der Waals surface area contributed by atoms with Gasteiger partial charge in [0.1, 0.15) is 11.6 Å². The van der Waals surface area contributed by atoms with Crippen LogP contribution >= 0.6 is 0 Å². The Labute approximate surface area is 116 Å². The summed E-state index contributed by atoms with van der Waals surface area (Å²) in [4.78, 5) is 12.3. The molecule has 0 radical (unpaired) electrons. The highest BCUT2D eigenvalue weighted by Gasteiger charge is 2.44. The number of hydrogen-bond acceptors (Lipinski definition) is 3. The van der Waals surface area contributed by atoms with Crippen molar-refractivity contribution >= 4 is 5.91 Å². The summed E-state index contributed by atoms with van der Waals surface area (Å²) in [6.45, 7) is 3.72. The van der Waals surface area contributed by atoms with Gasteiger partial charge in [-0.1, -0.05) is 6.07 Å². The van der Waals surface area contributed by atoms with Crippen LogP contribution in [0.3, 0.4) is 0 Å². The average Bonchev–Trinajstić information content (AvgIpc) is 2.70. The molecule has 1 heterocycles. The zero-order chi connectivity index (χ0) is 14.9. The summed E-state index contributed by atoms with van der Waals surface area (Å²) in [6.07, 6.45) is 0. The van der Waals surface area contributed by atoms with E-state index < -0.39 is 29.1 Å². The summed E-state index contributed by atoms with van der Waals surface area (Å²) in [5.41, 5.74) is 4.82. The molecule has 0 aliphatic carbocycles. The third kappa shape index (κ3) is 2.53. The number of nitrogens with one attached hydrogen (secondary N) is 1. The Hall–Kier alpha value is -1.53. The lowest BCUT2D eigenvalue weighted by molar-refractivity contribution is -0.131. The number of ether oxygens (including phenoxy) is 1. The SMILES string of the molecule is CC(NC(=O)C1(C)COCC1N)c1c(F)cccc1F. The zero-order valence-corrected chi connectivity index (χ0v) is 11.5. The van der Waals surface area contributed by atoms with E-state index in [1.54, 1.807) is 6.92 Å². The lowest BCUT2D eigenvalue weighted by Crippen LogP contribution is -2.50. The minimum absolute atomic E-state index is 0.156. The van der Waals surface area contributed by atoms with Crippen LogP contribution in [0.1, 0.15) is 25.5 Å². The fourth-order valence-corrected chi connectivity index (χ4v) is 2.28. The summed E-state index contributed by atoms with van der Waals surface area (Å²) in [7, 11) is 0. The van der Waals surface area contributed by atoms with Crippen molar-refractivity contribution in [3.05, 3.63) is 35.4 Å². The van der Waals surface area contributed by atoms with Gasteiger partial charge >= 0.3 is 0 Å². The zero-order valence-electron chi connectivity index (χ0n) is 11.5. The van der Waals surface area contributed by atoms with Crippen molar-refractivity contribution in [3.8, 4) is 0 Å². The van der Waals surface area contributed by atoms with Crippen LogP contribution < -0.4 is 11.1 Å². The number of halogens is 2. The van der Waals surface area contributed by atoms with Gasteiger partial charge in [0.15, 0.2) is 0 Å². The topological polar surface area (TPSA) is 64.3 Å². The number of hydrogen-bond donors (Lipinski definition) is 2. The minimum atomic E-state index is -0.879. The molecule has 6 heteroatoms. The number of carbonyl (C=O) groups is 1. The van der Waals surface area contributed by atoms with Gasteiger partial charge < -0.3 is 15.8 Å². The van der Waals surface area contributed by atoms with E-state index in [0.717, 1.165) is 12.1 Å². The standard InChI is InChI=1S/C14H18F2N2O2/c1-8(12-9(15)4-3-5-10(12)16)18-13(19)14(2)7-20-6-11(14)17/h3-5,8,11H,6-7,17H2,1-2H3,(H,18,19). The summed E-state index contributed by atoms with van der Waals surface area (Å²) < 4.78 is 32.5. The van der Waals surface area contributed by atoms with Gasteiger partial charge in [-0.15, -0.1) is 0 Å². The summed E-state index contributed by atoms with van der Waals surface area (Å²) in [5, 5.41) is 2.61. The third-order valence-electron chi connectivity index (χ3n) is 3.82. The maximum Gasteiger partial charge on any atom is 0.230 e. The van der Waals surface area contributed by atoms with E-state index in [9.17, 15) is 13.6 Å². The molecule has 0 spiro atoms. The molecule has 3 unspecified atom stereocenters. The Balaban J connectivity index is 2.16. The van der Waals surface area contributed by atoms with Gasteiger partial charge in [0.2, 0.25) is 5.91 Å². The molecule has 1 aromatic carbocycles. The second-order valence-electron chi connectivity index (χ2n) is 5.37. The van der Waals surface area contributed by atoms with Crippen LogP contribution in [-0.2, 0) is 9.53 Å². The van der Waals surface area contributed by atoms with Crippen molar-refractivity contribution in [3.63, 3.8) is 0 Å². The van der Waals surface area contributed by atoms with Crippen LogP contribution in [0, 0.1) is 17.0 Å². The second-order valence-corrected chi connectivity index (χ2v) is 5.37.